The van der Waals surface area contributed by atoms with Crippen molar-refractivity contribution < 1.29 is 4.68 Å². The summed E-state index contributed by atoms with van der Waals surface area (Å²) in [5.41, 5.74) is 8.49. The molecule has 0 aliphatic rings. The minimum Gasteiger partial charge on any atom is -0.0865 e. The highest BCUT2D eigenvalue weighted by Gasteiger charge is 2.14. The molecule has 0 aliphatic carbocycles. The van der Waals surface area contributed by atoms with Crippen LogP contribution in [0, 0.1) is 6.92 Å². The van der Waals surface area contributed by atoms with E-state index in [1.54, 1.807) is 0 Å². The van der Waals surface area contributed by atoms with Gasteiger partial charge in [0.2, 0.25) is 5.69 Å². The summed E-state index contributed by atoms with van der Waals surface area (Å²) < 4.78 is 1.92. The van der Waals surface area contributed by atoms with Gasteiger partial charge in [-0.15, -0.1) is 0 Å². The first-order chi connectivity index (χ1) is 12.7. The second-order valence-electron chi connectivity index (χ2n) is 6.51. The lowest BCUT2D eigenvalue weighted by molar-refractivity contribution is -0.720. The van der Waals surface area contributed by atoms with Crippen molar-refractivity contribution in [1.82, 2.24) is 5.10 Å². The van der Waals surface area contributed by atoms with Gasteiger partial charge in [-0.25, -0.2) is 0 Å². The number of aromatic nitrogens is 2. The van der Waals surface area contributed by atoms with Crippen molar-refractivity contribution in [1.29, 1.82) is 0 Å². The number of hydrogen-bond donors (Lipinski definition) is 0. The summed E-state index contributed by atoms with van der Waals surface area (Å²) in [5.74, 6) is 0. The number of nitrogens with zero attached hydrogens (tertiary/aromatic N) is 2. The highest BCUT2D eigenvalue weighted by molar-refractivity contribution is 5.75. The fraction of sp³-hybridized carbons (Fsp3) is 0.0833. The molecule has 3 aromatic carbocycles. The zero-order chi connectivity index (χ0) is 17.9. The Morgan fingerprint density at radius 2 is 1.27 bits per heavy atom. The maximum atomic E-state index is 4.36. The predicted octanol–water partition coefficient (Wildman–Crippen LogP) is 5.22. The molecule has 126 valence electrons. The van der Waals surface area contributed by atoms with Gasteiger partial charge in [-0.3, -0.25) is 0 Å². The van der Waals surface area contributed by atoms with Crippen LogP contribution < -0.4 is 4.68 Å². The van der Waals surface area contributed by atoms with Gasteiger partial charge in [0.15, 0.2) is 7.05 Å². The zero-order valence-corrected chi connectivity index (χ0v) is 15.1. The highest BCUT2D eigenvalue weighted by atomic mass is 15.2. The summed E-state index contributed by atoms with van der Waals surface area (Å²) in [5, 5.41) is 4.36. The first-order valence-electron chi connectivity index (χ1n) is 8.80. The Bertz CT molecular complexity index is 1040. The second kappa shape index (κ2) is 6.93. The van der Waals surface area contributed by atoms with Crippen molar-refractivity contribution in [2.24, 2.45) is 7.05 Å². The third-order valence-corrected chi connectivity index (χ3v) is 4.77. The molecule has 0 aliphatic heterocycles. The van der Waals surface area contributed by atoms with Crippen LogP contribution in [-0.4, -0.2) is 5.10 Å². The predicted molar refractivity (Wildman–Crippen MR) is 106 cm³/mol. The Morgan fingerprint density at radius 1 is 0.654 bits per heavy atom. The molecular weight excluding hydrogens is 316 g/mol. The molecule has 0 amide bonds. The monoisotopic (exact) mass is 337 g/mol. The lowest BCUT2D eigenvalue weighted by Crippen LogP contribution is -2.35. The van der Waals surface area contributed by atoms with Crippen molar-refractivity contribution in [2.75, 3.05) is 0 Å². The van der Waals surface area contributed by atoms with Crippen LogP contribution >= 0.6 is 0 Å². The molecule has 26 heavy (non-hydrogen) atoms. The maximum Gasteiger partial charge on any atom is 0.239 e. The van der Waals surface area contributed by atoms with E-state index in [0.717, 1.165) is 5.69 Å². The van der Waals surface area contributed by atoms with E-state index < -0.39 is 0 Å². The minimum atomic E-state index is 1.12. The Labute approximate surface area is 154 Å². The van der Waals surface area contributed by atoms with Crippen molar-refractivity contribution >= 4 is 0 Å². The first-order valence-corrected chi connectivity index (χ1v) is 8.80. The van der Waals surface area contributed by atoms with Gasteiger partial charge in [0.25, 0.3) is 0 Å². The van der Waals surface area contributed by atoms with E-state index in [0.29, 0.717) is 0 Å². The van der Waals surface area contributed by atoms with Crippen LogP contribution in [0.5, 0.6) is 0 Å². The average molecular weight is 337 g/mol. The normalized spacial score (nSPS) is 10.7. The van der Waals surface area contributed by atoms with Gasteiger partial charge in [-0.2, -0.15) is 0 Å². The van der Waals surface area contributed by atoms with E-state index in [-0.39, 0.29) is 0 Å². The van der Waals surface area contributed by atoms with E-state index in [1.165, 1.54) is 33.4 Å². The van der Waals surface area contributed by atoms with Gasteiger partial charge < -0.3 is 0 Å². The Hall–Kier alpha value is -3.26. The lowest BCUT2D eigenvalue weighted by Gasteiger charge is -2.08. The molecule has 0 unspecified atom stereocenters. The van der Waals surface area contributed by atoms with Gasteiger partial charge in [-0.05, 0) is 52.0 Å². The highest BCUT2D eigenvalue weighted by Crippen LogP contribution is 2.29. The first kappa shape index (κ1) is 16.2. The van der Waals surface area contributed by atoms with E-state index in [2.05, 4.69) is 84.8 Å². The Balaban J connectivity index is 1.73. The van der Waals surface area contributed by atoms with Crippen LogP contribution in [-0.2, 0) is 7.05 Å². The molecule has 0 saturated heterocycles. The fourth-order valence-corrected chi connectivity index (χ4v) is 3.27. The minimum absolute atomic E-state index is 1.12. The Morgan fingerprint density at radius 3 is 1.96 bits per heavy atom. The molecule has 0 saturated carbocycles. The maximum absolute atomic E-state index is 4.36. The van der Waals surface area contributed by atoms with Crippen molar-refractivity contribution in [3.63, 3.8) is 0 Å². The molecular formula is C24H21N2+. The molecule has 2 nitrogen and oxygen atoms in total. The number of aryl methyl sites for hydroxylation is 2. The van der Waals surface area contributed by atoms with Crippen LogP contribution in [0.2, 0.25) is 0 Å². The molecule has 0 radical (unpaired) electrons. The second-order valence-corrected chi connectivity index (χ2v) is 6.51. The summed E-state index contributed by atoms with van der Waals surface area (Å²) >= 11 is 0. The van der Waals surface area contributed by atoms with Crippen LogP contribution in [0.1, 0.15) is 5.56 Å². The number of hydrogen-bond acceptors (Lipinski definition) is 1. The van der Waals surface area contributed by atoms with Gasteiger partial charge in [0.1, 0.15) is 0 Å². The molecule has 0 atom stereocenters. The van der Waals surface area contributed by atoms with Gasteiger partial charge in [0, 0.05) is 6.07 Å². The number of rotatable bonds is 3. The fourth-order valence-electron chi connectivity index (χ4n) is 3.27. The van der Waals surface area contributed by atoms with E-state index in [4.69, 9.17) is 0 Å². The molecule has 1 aromatic heterocycles. The quantitative estimate of drug-likeness (QED) is 0.469. The topological polar surface area (TPSA) is 16.8 Å². The molecule has 0 spiro atoms. The van der Waals surface area contributed by atoms with Crippen molar-refractivity contribution in [3.8, 4) is 33.5 Å². The van der Waals surface area contributed by atoms with E-state index in [1.807, 2.05) is 30.1 Å². The summed E-state index contributed by atoms with van der Waals surface area (Å²) in [4.78, 5) is 0. The zero-order valence-electron chi connectivity index (χ0n) is 15.1. The van der Waals surface area contributed by atoms with Crippen molar-refractivity contribution in [3.05, 3.63) is 96.7 Å². The van der Waals surface area contributed by atoms with Gasteiger partial charge in [0.05, 0.1) is 11.8 Å². The van der Waals surface area contributed by atoms with Gasteiger partial charge >= 0.3 is 0 Å². The largest absolute Gasteiger partial charge is 0.239 e. The standard InChI is InChI=1S/C24H21N2/c1-18-10-11-22(17-23(18)24-9-6-16-25-26(24)2)21-14-12-20(13-15-21)19-7-4-3-5-8-19/h3-17H,1-2H3/q+1. The average Bonchev–Trinajstić information content (AvgIpc) is 2.70. The smallest absolute Gasteiger partial charge is 0.0865 e. The van der Waals surface area contributed by atoms with E-state index >= 15 is 0 Å². The Kier molecular flexibility index (Phi) is 4.32. The number of benzene rings is 3. The molecule has 4 rings (SSSR count). The summed E-state index contributed by atoms with van der Waals surface area (Å²) in [6.07, 6.45) is 1.81. The van der Waals surface area contributed by atoms with Crippen LogP contribution in [0.4, 0.5) is 0 Å². The van der Waals surface area contributed by atoms with Gasteiger partial charge in [-0.1, -0.05) is 71.4 Å². The third kappa shape index (κ3) is 3.14. The summed E-state index contributed by atoms with van der Waals surface area (Å²) in [7, 11) is 1.98. The lowest BCUT2D eigenvalue weighted by atomic mass is 9.96. The molecule has 1 heterocycles. The molecule has 0 fully saturated rings. The van der Waals surface area contributed by atoms with Crippen LogP contribution in [0.25, 0.3) is 33.5 Å². The molecule has 4 aromatic rings. The SMILES string of the molecule is Cc1ccc(-c2ccc(-c3ccccc3)cc2)cc1-c1cccn[n+]1C. The molecule has 0 N–H and O–H groups in total. The van der Waals surface area contributed by atoms with E-state index in [9.17, 15) is 0 Å². The van der Waals surface area contributed by atoms with Crippen molar-refractivity contribution in [2.45, 2.75) is 6.92 Å². The van der Waals surface area contributed by atoms with Crippen LogP contribution in [0.3, 0.4) is 0 Å². The summed E-state index contributed by atoms with van der Waals surface area (Å²) in [6.45, 7) is 2.14. The van der Waals surface area contributed by atoms with Crippen LogP contribution in [0.15, 0.2) is 91.1 Å². The third-order valence-electron chi connectivity index (χ3n) is 4.77. The summed E-state index contributed by atoms with van der Waals surface area (Å²) in [6, 6.07) is 30.0. The molecule has 0 bridgehead atoms. The molecule has 2 heteroatoms.